The second-order valence-electron chi connectivity index (χ2n) is 5.33. The average Bonchev–Trinajstić information content (AvgIpc) is 2.47. The molecule has 0 saturated heterocycles. The quantitative estimate of drug-likeness (QED) is 0.624. The Morgan fingerprint density at radius 2 is 2.00 bits per heavy atom. The van der Waals surface area contributed by atoms with Gasteiger partial charge in [0.05, 0.1) is 5.70 Å². The molecule has 1 fully saturated rings. The normalized spacial score (nSPS) is 24.2. The molecule has 6 heteroatoms. The number of hydrogen-bond donors (Lipinski definition) is 3. The molecule has 4 N–H and O–H groups in total. The summed E-state index contributed by atoms with van der Waals surface area (Å²) < 4.78 is 0. The second-order valence-corrected chi connectivity index (χ2v) is 5.33. The van der Waals surface area contributed by atoms with Crippen molar-refractivity contribution in [1.29, 1.82) is 5.41 Å². The molecule has 0 bridgehead atoms. The molecule has 0 amide bonds. The Bertz CT molecular complexity index is 447. The van der Waals surface area contributed by atoms with Gasteiger partial charge < -0.3 is 16.2 Å². The third-order valence-corrected chi connectivity index (χ3v) is 3.76. The van der Waals surface area contributed by atoms with Crippen molar-refractivity contribution in [2.45, 2.75) is 44.6 Å². The van der Waals surface area contributed by atoms with Crippen LogP contribution in [0.25, 0.3) is 0 Å². The van der Waals surface area contributed by atoms with E-state index in [9.17, 15) is 4.79 Å². The van der Waals surface area contributed by atoms with Crippen LogP contribution in [-0.2, 0) is 4.79 Å². The number of carbonyl (C=O) groups is 1. The summed E-state index contributed by atoms with van der Waals surface area (Å²) in [5.41, 5.74) is 6.78. The predicted octanol–water partition coefficient (Wildman–Crippen LogP) is 2.04. The molecule has 6 nitrogen and oxygen atoms in total. The number of carboxylic acids is 1. The van der Waals surface area contributed by atoms with E-state index in [0.717, 1.165) is 32.1 Å². The van der Waals surface area contributed by atoms with Crippen LogP contribution in [0.5, 0.6) is 0 Å². The number of nitrogens with two attached hydrogens (primary N) is 1. The number of nitrogens with zero attached hydrogens (tertiary/aromatic N) is 2. The Kier molecular flexibility index (Phi) is 7.36. The van der Waals surface area contributed by atoms with Crippen molar-refractivity contribution in [3.63, 3.8) is 0 Å². The highest BCUT2D eigenvalue weighted by Crippen LogP contribution is 2.29. The van der Waals surface area contributed by atoms with Crippen molar-refractivity contribution in [2.75, 3.05) is 7.05 Å². The van der Waals surface area contributed by atoms with Gasteiger partial charge in [-0.15, -0.1) is 0 Å². The van der Waals surface area contributed by atoms with Gasteiger partial charge in [0.25, 0.3) is 0 Å². The maximum atomic E-state index is 10.6. The second kappa shape index (κ2) is 9.05. The summed E-state index contributed by atoms with van der Waals surface area (Å²) in [5.74, 6) is -0.216. The summed E-state index contributed by atoms with van der Waals surface area (Å²) >= 11 is 0. The van der Waals surface area contributed by atoms with E-state index >= 15 is 0 Å². The third kappa shape index (κ3) is 6.33. The minimum absolute atomic E-state index is 0.243. The standard InChI is InChI=1S/C15H24N4O2/c1-18-10-14(17)12(8-16)9-19-13-5-2-11(3-6-13)4-7-15(20)21/h8-11,13,16H,2-7,17H2,1H3,(H,20,21). The summed E-state index contributed by atoms with van der Waals surface area (Å²) in [5, 5.41) is 16.0. The summed E-state index contributed by atoms with van der Waals surface area (Å²) in [6.45, 7) is 0. The molecule has 1 aliphatic carbocycles. The van der Waals surface area contributed by atoms with Gasteiger partial charge in [-0.3, -0.25) is 14.8 Å². The Morgan fingerprint density at radius 3 is 2.52 bits per heavy atom. The van der Waals surface area contributed by atoms with E-state index in [0.29, 0.717) is 17.2 Å². The maximum Gasteiger partial charge on any atom is 0.303 e. The number of aliphatic carboxylic acids is 1. The molecule has 1 saturated carbocycles. The van der Waals surface area contributed by atoms with Gasteiger partial charge in [0, 0.05) is 43.7 Å². The van der Waals surface area contributed by atoms with E-state index in [-0.39, 0.29) is 12.5 Å². The fourth-order valence-corrected chi connectivity index (χ4v) is 2.50. The first-order valence-electron chi connectivity index (χ1n) is 7.24. The zero-order valence-electron chi connectivity index (χ0n) is 12.5. The smallest absolute Gasteiger partial charge is 0.303 e. The lowest BCUT2D eigenvalue weighted by molar-refractivity contribution is -0.137. The van der Waals surface area contributed by atoms with Crippen LogP contribution in [0, 0.1) is 11.3 Å². The van der Waals surface area contributed by atoms with Crippen LogP contribution >= 0.6 is 0 Å². The van der Waals surface area contributed by atoms with Crippen molar-refractivity contribution in [1.82, 2.24) is 0 Å². The lowest BCUT2D eigenvalue weighted by atomic mass is 9.83. The minimum Gasteiger partial charge on any atom is -0.481 e. The van der Waals surface area contributed by atoms with Gasteiger partial charge in [-0.2, -0.15) is 0 Å². The van der Waals surface area contributed by atoms with Gasteiger partial charge in [-0.25, -0.2) is 0 Å². The fraction of sp³-hybridized carbons (Fsp3) is 0.600. The monoisotopic (exact) mass is 292 g/mol. The number of carboxylic acid groups (broad SMARTS) is 1. The SMILES string of the molecule is CN=CC(N)=C(C=N)C=NC1CCC(CCC(=O)O)CC1. The van der Waals surface area contributed by atoms with E-state index in [1.54, 1.807) is 13.3 Å². The zero-order chi connectivity index (χ0) is 15.7. The molecule has 0 unspecified atom stereocenters. The van der Waals surface area contributed by atoms with Crippen molar-refractivity contribution in [3.05, 3.63) is 11.3 Å². The first kappa shape index (κ1) is 17.1. The summed E-state index contributed by atoms with van der Waals surface area (Å²) in [4.78, 5) is 18.9. The van der Waals surface area contributed by atoms with E-state index in [1.807, 2.05) is 0 Å². The molecule has 0 heterocycles. The van der Waals surface area contributed by atoms with Gasteiger partial charge in [0.15, 0.2) is 0 Å². The lowest BCUT2D eigenvalue weighted by Crippen LogP contribution is -2.18. The molecule has 0 aliphatic heterocycles. The van der Waals surface area contributed by atoms with E-state index in [2.05, 4.69) is 9.98 Å². The molecule has 1 aliphatic rings. The van der Waals surface area contributed by atoms with Crippen molar-refractivity contribution >= 4 is 24.6 Å². The van der Waals surface area contributed by atoms with Crippen LogP contribution in [0.15, 0.2) is 21.3 Å². The molecule has 116 valence electrons. The Hall–Kier alpha value is -1.98. The summed E-state index contributed by atoms with van der Waals surface area (Å²) in [7, 11) is 1.63. The molecule has 0 aromatic heterocycles. The highest BCUT2D eigenvalue weighted by molar-refractivity contribution is 6.08. The molecule has 0 radical (unpaired) electrons. The lowest BCUT2D eigenvalue weighted by Gasteiger charge is -2.25. The van der Waals surface area contributed by atoms with Crippen LogP contribution in [0.1, 0.15) is 38.5 Å². The van der Waals surface area contributed by atoms with Crippen LogP contribution < -0.4 is 5.73 Å². The van der Waals surface area contributed by atoms with Crippen LogP contribution in [-0.4, -0.2) is 42.8 Å². The summed E-state index contributed by atoms with van der Waals surface area (Å²) in [6, 6.07) is 0.243. The van der Waals surface area contributed by atoms with E-state index in [1.165, 1.54) is 12.4 Å². The van der Waals surface area contributed by atoms with E-state index < -0.39 is 5.97 Å². The molecular weight excluding hydrogens is 268 g/mol. The zero-order valence-corrected chi connectivity index (χ0v) is 12.5. The highest BCUT2D eigenvalue weighted by Gasteiger charge is 2.20. The predicted molar refractivity (Wildman–Crippen MR) is 85.5 cm³/mol. The number of aliphatic imine (C=N–C) groups is 2. The molecule has 1 rings (SSSR count). The molecule has 0 atom stereocenters. The van der Waals surface area contributed by atoms with Gasteiger partial charge in [-0.05, 0) is 38.0 Å². The maximum absolute atomic E-state index is 10.6. The summed E-state index contributed by atoms with van der Waals surface area (Å²) in [6.07, 6.45) is 9.32. The van der Waals surface area contributed by atoms with Gasteiger partial charge >= 0.3 is 5.97 Å². The van der Waals surface area contributed by atoms with E-state index in [4.69, 9.17) is 16.2 Å². The van der Waals surface area contributed by atoms with Gasteiger partial charge in [0.2, 0.25) is 0 Å². The Morgan fingerprint density at radius 1 is 1.33 bits per heavy atom. The van der Waals surface area contributed by atoms with Gasteiger partial charge in [-0.1, -0.05) is 0 Å². The number of rotatable bonds is 7. The number of allylic oxidation sites excluding steroid dienone is 2. The minimum atomic E-state index is -0.719. The topological polar surface area (TPSA) is 112 Å². The number of nitrogens with one attached hydrogen (secondary N) is 1. The fourth-order valence-electron chi connectivity index (χ4n) is 2.50. The van der Waals surface area contributed by atoms with Gasteiger partial charge in [0.1, 0.15) is 0 Å². The average molecular weight is 292 g/mol. The molecule has 0 aromatic carbocycles. The van der Waals surface area contributed by atoms with Crippen molar-refractivity contribution in [2.24, 2.45) is 21.6 Å². The van der Waals surface area contributed by atoms with Crippen LogP contribution in [0.4, 0.5) is 0 Å². The van der Waals surface area contributed by atoms with Crippen LogP contribution in [0.3, 0.4) is 0 Å². The largest absolute Gasteiger partial charge is 0.481 e. The van der Waals surface area contributed by atoms with Crippen molar-refractivity contribution < 1.29 is 9.90 Å². The molecular formula is C15H24N4O2. The molecule has 0 aromatic rings. The Labute approximate surface area is 125 Å². The first-order valence-corrected chi connectivity index (χ1v) is 7.24. The highest BCUT2D eigenvalue weighted by atomic mass is 16.4. The molecule has 21 heavy (non-hydrogen) atoms. The number of hydrogen-bond acceptors (Lipinski definition) is 5. The molecule has 0 spiro atoms. The van der Waals surface area contributed by atoms with Crippen LogP contribution in [0.2, 0.25) is 0 Å². The Balaban J connectivity index is 2.48. The van der Waals surface area contributed by atoms with Crippen molar-refractivity contribution in [3.8, 4) is 0 Å². The third-order valence-electron chi connectivity index (χ3n) is 3.76. The first-order chi connectivity index (χ1) is 10.1.